The van der Waals surface area contributed by atoms with Crippen molar-refractivity contribution >= 4 is 17.7 Å². The second-order valence-electron chi connectivity index (χ2n) is 7.55. The van der Waals surface area contributed by atoms with Gasteiger partial charge < -0.3 is 10.1 Å². The molecule has 0 unspecified atom stereocenters. The molecule has 0 atom stereocenters. The summed E-state index contributed by atoms with van der Waals surface area (Å²) in [5, 5.41) is 7.35. The Hall–Kier alpha value is -3.48. The van der Waals surface area contributed by atoms with E-state index in [4.69, 9.17) is 4.74 Å². The monoisotopic (exact) mass is 388 g/mol. The van der Waals surface area contributed by atoms with Crippen LogP contribution in [0.25, 0.3) is 5.69 Å². The van der Waals surface area contributed by atoms with E-state index in [2.05, 4.69) is 15.4 Å². The first-order chi connectivity index (χ1) is 14.1. The van der Waals surface area contributed by atoms with Gasteiger partial charge in [0.2, 0.25) is 5.91 Å². The van der Waals surface area contributed by atoms with Gasteiger partial charge in [0.1, 0.15) is 5.60 Å². The highest BCUT2D eigenvalue weighted by molar-refractivity contribution is 5.95. The van der Waals surface area contributed by atoms with E-state index < -0.39 is 5.60 Å². The summed E-state index contributed by atoms with van der Waals surface area (Å²) in [5.74, 6) is 0.0369. The summed E-state index contributed by atoms with van der Waals surface area (Å²) in [5.41, 5.74) is 1.77. The number of aromatic nitrogens is 3. The number of nitrogens with zero attached hydrogens (tertiary/aromatic N) is 3. The van der Waals surface area contributed by atoms with Crippen LogP contribution in [0.2, 0.25) is 0 Å². The molecular formula is C22H20N4O3. The van der Waals surface area contributed by atoms with Crippen LogP contribution in [0.3, 0.4) is 0 Å². The molecule has 0 radical (unpaired) electrons. The second-order valence-corrected chi connectivity index (χ2v) is 7.55. The van der Waals surface area contributed by atoms with Gasteiger partial charge in [-0.15, -0.1) is 0 Å². The second kappa shape index (κ2) is 6.84. The van der Waals surface area contributed by atoms with E-state index in [1.165, 1.54) is 0 Å². The van der Waals surface area contributed by atoms with Crippen LogP contribution in [0.15, 0.2) is 61.1 Å². The van der Waals surface area contributed by atoms with Crippen LogP contribution in [0, 0.1) is 5.92 Å². The van der Waals surface area contributed by atoms with Gasteiger partial charge in [0.25, 0.3) is 0 Å². The van der Waals surface area contributed by atoms with E-state index >= 15 is 0 Å². The highest BCUT2D eigenvalue weighted by atomic mass is 16.6. The number of esters is 1. The quantitative estimate of drug-likeness (QED) is 0.695. The van der Waals surface area contributed by atoms with Gasteiger partial charge in [-0.2, -0.15) is 5.10 Å². The zero-order valence-electron chi connectivity index (χ0n) is 15.7. The largest absolute Gasteiger partial charge is 0.451 e. The van der Waals surface area contributed by atoms with Crippen LogP contribution in [-0.2, 0) is 15.1 Å². The van der Waals surface area contributed by atoms with E-state index in [-0.39, 0.29) is 17.8 Å². The lowest BCUT2D eigenvalue weighted by atomic mass is 9.75. The number of hydrogen-bond donors (Lipinski definition) is 1. The molecule has 3 heterocycles. The molecular weight excluding hydrogens is 368 g/mol. The van der Waals surface area contributed by atoms with Crippen molar-refractivity contribution in [1.82, 2.24) is 14.8 Å². The Balaban J connectivity index is 1.25. The Morgan fingerprint density at radius 2 is 1.93 bits per heavy atom. The first-order valence-electron chi connectivity index (χ1n) is 9.74. The smallest absolute Gasteiger partial charge is 0.341 e. The highest BCUT2D eigenvalue weighted by Gasteiger charge is 2.48. The van der Waals surface area contributed by atoms with Gasteiger partial charge in [0.15, 0.2) is 5.82 Å². The third-order valence-corrected chi connectivity index (χ3v) is 5.85. The van der Waals surface area contributed by atoms with Crippen molar-refractivity contribution in [3.05, 3.63) is 72.2 Å². The standard InChI is InChI=1S/C22H20N4O3/c27-20(24-19-9-13-26(25-19)16-4-2-1-3-5-16)15-6-10-22(11-7-15)18-8-12-23-14-17(18)21(28)29-22/h1-5,8-9,12-15H,6-7,10-11H2,(H,24,25,27). The SMILES string of the molecule is O=C1OC2(CCC(C(=O)Nc3ccn(-c4ccccc4)n3)CC2)c2ccncc21. The van der Waals surface area contributed by atoms with Crippen LogP contribution in [0.4, 0.5) is 5.82 Å². The number of nitrogens with one attached hydrogen (secondary N) is 1. The fraction of sp³-hybridized carbons (Fsp3) is 0.273. The number of carbonyl (C=O) groups excluding carboxylic acids is 2. The summed E-state index contributed by atoms with van der Waals surface area (Å²) in [4.78, 5) is 28.9. The summed E-state index contributed by atoms with van der Waals surface area (Å²) < 4.78 is 7.46. The number of rotatable bonds is 3. The van der Waals surface area contributed by atoms with Crippen molar-refractivity contribution in [3.63, 3.8) is 0 Å². The fourth-order valence-electron chi connectivity index (χ4n) is 4.30. The maximum atomic E-state index is 12.7. The molecule has 29 heavy (non-hydrogen) atoms. The number of amides is 1. The van der Waals surface area contributed by atoms with Gasteiger partial charge in [-0.3, -0.25) is 9.78 Å². The molecule has 5 rings (SSSR count). The zero-order chi connectivity index (χ0) is 19.8. The Bertz CT molecular complexity index is 1070. The van der Waals surface area contributed by atoms with Crippen molar-refractivity contribution in [1.29, 1.82) is 0 Å². The minimum Gasteiger partial charge on any atom is -0.451 e. The van der Waals surface area contributed by atoms with Crippen LogP contribution in [0.1, 0.15) is 41.6 Å². The Morgan fingerprint density at radius 1 is 1.14 bits per heavy atom. The number of carbonyl (C=O) groups is 2. The van der Waals surface area contributed by atoms with Crippen molar-refractivity contribution in [2.75, 3.05) is 5.32 Å². The summed E-state index contributed by atoms with van der Waals surface area (Å²) in [6.45, 7) is 0. The number of anilines is 1. The molecule has 1 amide bonds. The number of hydrogen-bond acceptors (Lipinski definition) is 5. The molecule has 1 fully saturated rings. The van der Waals surface area contributed by atoms with Crippen molar-refractivity contribution in [2.45, 2.75) is 31.3 Å². The van der Waals surface area contributed by atoms with Crippen molar-refractivity contribution in [3.8, 4) is 5.69 Å². The van der Waals surface area contributed by atoms with Gasteiger partial charge in [-0.05, 0) is 43.9 Å². The summed E-state index contributed by atoms with van der Waals surface area (Å²) >= 11 is 0. The Labute approximate surface area is 167 Å². The van der Waals surface area contributed by atoms with Gasteiger partial charge in [-0.25, -0.2) is 9.48 Å². The summed E-state index contributed by atoms with van der Waals surface area (Å²) in [6, 6.07) is 13.4. The van der Waals surface area contributed by atoms with Crippen molar-refractivity contribution in [2.24, 2.45) is 5.92 Å². The lowest BCUT2D eigenvalue weighted by Crippen LogP contribution is -2.36. The first-order valence-corrected chi connectivity index (χ1v) is 9.74. The maximum Gasteiger partial charge on any atom is 0.341 e. The van der Waals surface area contributed by atoms with Gasteiger partial charge >= 0.3 is 5.97 Å². The molecule has 1 aromatic carbocycles. The van der Waals surface area contributed by atoms with E-state index in [0.29, 0.717) is 37.1 Å². The molecule has 1 aliphatic carbocycles. The average molecular weight is 388 g/mol. The fourth-order valence-corrected chi connectivity index (χ4v) is 4.30. The molecule has 146 valence electrons. The molecule has 7 heteroatoms. The number of benzene rings is 1. The normalized spacial score (nSPS) is 22.9. The highest BCUT2D eigenvalue weighted by Crippen LogP contribution is 2.47. The topological polar surface area (TPSA) is 86.1 Å². The predicted molar refractivity (Wildman–Crippen MR) is 105 cm³/mol. The number of para-hydroxylation sites is 1. The van der Waals surface area contributed by atoms with Crippen LogP contribution in [0.5, 0.6) is 0 Å². The molecule has 1 N–H and O–H groups in total. The third kappa shape index (κ3) is 3.08. The molecule has 1 aliphatic heterocycles. The number of ether oxygens (including phenoxy) is 1. The maximum absolute atomic E-state index is 12.7. The van der Waals surface area contributed by atoms with Crippen LogP contribution < -0.4 is 5.32 Å². The molecule has 2 aromatic heterocycles. The molecule has 1 spiro atoms. The Morgan fingerprint density at radius 3 is 2.72 bits per heavy atom. The van der Waals surface area contributed by atoms with E-state index in [1.807, 2.05) is 42.6 Å². The lowest BCUT2D eigenvalue weighted by Gasteiger charge is -2.35. The number of pyridine rings is 1. The molecule has 2 aliphatic rings. The van der Waals surface area contributed by atoms with Gasteiger partial charge in [0.05, 0.1) is 11.3 Å². The van der Waals surface area contributed by atoms with Crippen molar-refractivity contribution < 1.29 is 14.3 Å². The predicted octanol–water partition coefficient (Wildman–Crippen LogP) is 3.46. The van der Waals surface area contributed by atoms with Gasteiger partial charge in [-0.1, -0.05) is 18.2 Å². The minimum absolute atomic E-state index is 0.0440. The number of fused-ring (bicyclic) bond motifs is 2. The summed E-state index contributed by atoms with van der Waals surface area (Å²) in [7, 11) is 0. The van der Waals surface area contributed by atoms with Gasteiger partial charge in [0, 0.05) is 36.1 Å². The molecule has 3 aromatic rings. The molecule has 0 saturated heterocycles. The van der Waals surface area contributed by atoms with Crippen LogP contribution >= 0.6 is 0 Å². The van der Waals surface area contributed by atoms with E-state index in [1.54, 1.807) is 23.1 Å². The first kappa shape index (κ1) is 17.6. The summed E-state index contributed by atoms with van der Waals surface area (Å²) in [6.07, 6.45) is 7.64. The molecule has 0 bridgehead atoms. The van der Waals surface area contributed by atoms with E-state index in [0.717, 1.165) is 11.3 Å². The average Bonchev–Trinajstić information content (AvgIpc) is 3.33. The van der Waals surface area contributed by atoms with E-state index in [9.17, 15) is 9.59 Å². The lowest BCUT2D eigenvalue weighted by molar-refractivity contribution is -0.122. The third-order valence-electron chi connectivity index (χ3n) is 5.85. The minimum atomic E-state index is -0.610. The van der Waals surface area contributed by atoms with Crippen LogP contribution in [-0.4, -0.2) is 26.6 Å². The zero-order valence-corrected chi connectivity index (χ0v) is 15.7. The molecule has 7 nitrogen and oxygen atoms in total. The Kier molecular flexibility index (Phi) is 4.16. The molecule has 1 saturated carbocycles.